The van der Waals surface area contributed by atoms with Crippen molar-refractivity contribution < 1.29 is 9.53 Å². The fourth-order valence-corrected chi connectivity index (χ4v) is 2.11. The smallest absolute Gasteiger partial charge is 0.412 e. The number of hydrogen-bond acceptors (Lipinski definition) is 4. The third kappa shape index (κ3) is 6.98. The highest BCUT2D eigenvalue weighted by Gasteiger charge is 2.16. The minimum absolute atomic E-state index is 0.417. The maximum Gasteiger partial charge on any atom is 0.412 e. The van der Waals surface area contributed by atoms with E-state index in [-0.39, 0.29) is 0 Å². The molecule has 1 aromatic heterocycles. The topological polar surface area (TPSA) is 50.4 Å². The summed E-state index contributed by atoms with van der Waals surface area (Å²) < 4.78 is 5.19. The van der Waals surface area contributed by atoms with Gasteiger partial charge in [0, 0.05) is 5.38 Å². The van der Waals surface area contributed by atoms with Crippen LogP contribution in [0.25, 0.3) is 6.08 Å². The first-order valence-corrected chi connectivity index (χ1v) is 7.18. The molecule has 1 rings (SSSR count). The lowest BCUT2D eigenvalue weighted by molar-refractivity contribution is 0.0636. The minimum atomic E-state index is -0.475. The number of hydrogen-bond donors (Lipinski definition) is 2. The summed E-state index contributed by atoms with van der Waals surface area (Å²) >= 11 is 1.49. The van der Waals surface area contributed by atoms with Crippen LogP contribution in [0, 0.1) is 0 Å². The van der Waals surface area contributed by atoms with Crippen molar-refractivity contribution in [3.05, 3.63) is 23.1 Å². The molecule has 4 nitrogen and oxygen atoms in total. The molecule has 5 heteroatoms. The molecular weight excluding hydrogens is 260 g/mol. The van der Waals surface area contributed by atoms with Gasteiger partial charge in [-0.3, -0.25) is 5.32 Å². The van der Waals surface area contributed by atoms with Crippen LogP contribution >= 0.6 is 11.3 Å². The fourth-order valence-electron chi connectivity index (χ4n) is 1.36. The van der Waals surface area contributed by atoms with Crippen molar-refractivity contribution in [2.45, 2.75) is 32.8 Å². The zero-order valence-corrected chi connectivity index (χ0v) is 12.8. The lowest BCUT2D eigenvalue weighted by Crippen LogP contribution is -2.26. The molecule has 0 bridgehead atoms. The van der Waals surface area contributed by atoms with E-state index in [0.717, 1.165) is 23.5 Å². The molecule has 1 aromatic rings. The first-order chi connectivity index (χ1) is 8.90. The number of amides is 1. The lowest BCUT2D eigenvalue weighted by atomic mass is 10.2. The molecule has 19 heavy (non-hydrogen) atoms. The van der Waals surface area contributed by atoms with Gasteiger partial charge in [-0.05, 0) is 52.4 Å². The van der Waals surface area contributed by atoms with Crippen LogP contribution in [-0.4, -0.2) is 25.3 Å². The summed E-state index contributed by atoms with van der Waals surface area (Å²) in [6.07, 6.45) is 4.73. The number of ether oxygens (including phenoxy) is 1. The first-order valence-electron chi connectivity index (χ1n) is 6.30. The maximum atomic E-state index is 11.6. The molecule has 0 fully saturated rings. The Labute approximate surface area is 118 Å². The van der Waals surface area contributed by atoms with Gasteiger partial charge in [0.25, 0.3) is 0 Å². The van der Waals surface area contributed by atoms with Gasteiger partial charge in [-0.1, -0.05) is 12.2 Å². The summed E-state index contributed by atoms with van der Waals surface area (Å²) in [4.78, 5) is 11.6. The van der Waals surface area contributed by atoms with Crippen molar-refractivity contribution in [3.63, 3.8) is 0 Å². The van der Waals surface area contributed by atoms with E-state index in [4.69, 9.17) is 4.74 Å². The second kappa shape index (κ2) is 7.31. The van der Waals surface area contributed by atoms with Crippen LogP contribution in [0.1, 0.15) is 32.8 Å². The molecule has 0 spiro atoms. The zero-order chi connectivity index (χ0) is 14.3. The number of carbonyl (C=O) groups excluding carboxylic acids is 1. The third-order valence-corrected chi connectivity index (χ3v) is 2.98. The van der Waals surface area contributed by atoms with Crippen molar-refractivity contribution in [2.24, 2.45) is 0 Å². The van der Waals surface area contributed by atoms with E-state index in [0.29, 0.717) is 0 Å². The Balaban J connectivity index is 2.46. The van der Waals surface area contributed by atoms with Crippen molar-refractivity contribution >= 4 is 28.5 Å². The van der Waals surface area contributed by atoms with Gasteiger partial charge < -0.3 is 10.1 Å². The SMILES string of the molecule is CNCCC=Cc1csc(NC(=O)OC(C)(C)C)c1. The molecule has 106 valence electrons. The number of anilines is 1. The van der Waals surface area contributed by atoms with E-state index in [1.165, 1.54) is 11.3 Å². The Morgan fingerprint density at radius 2 is 2.21 bits per heavy atom. The summed E-state index contributed by atoms with van der Waals surface area (Å²) in [5.41, 5.74) is 0.615. The Morgan fingerprint density at radius 3 is 2.84 bits per heavy atom. The van der Waals surface area contributed by atoms with Gasteiger partial charge in [-0.2, -0.15) is 0 Å². The summed E-state index contributed by atoms with van der Waals surface area (Å²) in [5.74, 6) is 0. The molecule has 0 radical (unpaired) electrons. The summed E-state index contributed by atoms with van der Waals surface area (Å²) in [6, 6.07) is 1.93. The van der Waals surface area contributed by atoms with E-state index in [9.17, 15) is 4.79 Å². The van der Waals surface area contributed by atoms with Gasteiger partial charge in [0.15, 0.2) is 0 Å². The Kier molecular flexibility index (Phi) is 6.05. The molecule has 0 aliphatic heterocycles. The highest BCUT2D eigenvalue weighted by atomic mass is 32.1. The molecule has 0 aliphatic rings. The molecule has 0 unspecified atom stereocenters. The number of rotatable bonds is 5. The van der Waals surface area contributed by atoms with Crippen molar-refractivity contribution in [3.8, 4) is 0 Å². The average Bonchev–Trinajstić information content (AvgIpc) is 2.69. The van der Waals surface area contributed by atoms with E-state index in [2.05, 4.69) is 16.7 Å². The van der Waals surface area contributed by atoms with Crippen LogP contribution in [0.4, 0.5) is 9.80 Å². The van der Waals surface area contributed by atoms with Gasteiger partial charge in [-0.25, -0.2) is 4.79 Å². The van der Waals surface area contributed by atoms with Gasteiger partial charge in [0.05, 0.1) is 5.00 Å². The summed E-state index contributed by atoms with van der Waals surface area (Å²) in [6.45, 7) is 6.49. The second-order valence-corrected chi connectivity index (χ2v) is 6.08. The number of thiophene rings is 1. The second-order valence-electron chi connectivity index (χ2n) is 5.17. The molecule has 0 saturated carbocycles. The highest BCUT2D eigenvalue weighted by Crippen LogP contribution is 2.22. The van der Waals surface area contributed by atoms with Gasteiger partial charge in [-0.15, -0.1) is 11.3 Å². The number of nitrogens with one attached hydrogen (secondary N) is 2. The molecule has 0 aromatic carbocycles. The van der Waals surface area contributed by atoms with E-state index in [1.807, 2.05) is 45.3 Å². The fraction of sp³-hybridized carbons (Fsp3) is 0.500. The van der Waals surface area contributed by atoms with Crippen molar-refractivity contribution in [1.29, 1.82) is 0 Å². The van der Waals surface area contributed by atoms with Crippen molar-refractivity contribution in [2.75, 3.05) is 18.9 Å². The van der Waals surface area contributed by atoms with Crippen LogP contribution in [0.3, 0.4) is 0 Å². The monoisotopic (exact) mass is 282 g/mol. The van der Waals surface area contributed by atoms with Crippen molar-refractivity contribution in [1.82, 2.24) is 5.32 Å². The van der Waals surface area contributed by atoms with Crippen LogP contribution in [0.2, 0.25) is 0 Å². The lowest BCUT2D eigenvalue weighted by Gasteiger charge is -2.19. The molecule has 1 heterocycles. The normalized spacial score (nSPS) is 11.8. The Bertz CT molecular complexity index is 433. The van der Waals surface area contributed by atoms with Gasteiger partial charge >= 0.3 is 6.09 Å². The molecule has 1 amide bonds. The zero-order valence-electron chi connectivity index (χ0n) is 11.9. The summed E-state index contributed by atoms with van der Waals surface area (Å²) in [5, 5.41) is 8.61. The van der Waals surface area contributed by atoms with E-state index >= 15 is 0 Å². The quantitative estimate of drug-likeness (QED) is 0.809. The van der Waals surface area contributed by atoms with Crippen LogP contribution in [0.15, 0.2) is 17.5 Å². The molecule has 0 aliphatic carbocycles. The van der Waals surface area contributed by atoms with Gasteiger partial charge in [0.1, 0.15) is 5.60 Å². The standard InChI is InChI=1S/C14H22N2O2S/c1-14(2,3)18-13(17)16-12-9-11(10-19-12)7-5-6-8-15-4/h5,7,9-10,15H,6,8H2,1-4H3,(H,16,17). The van der Waals surface area contributed by atoms with Crippen LogP contribution in [-0.2, 0) is 4.74 Å². The predicted octanol–water partition coefficient (Wildman–Crippen LogP) is 3.72. The third-order valence-electron chi connectivity index (χ3n) is 2.12. The summed E-state index contributed by atoms with van der Waals surface area (Å²) in [7, 11) is 1.93. The Morgan fingerprint density at radius 1 is 1.47 bits per heavy atom. The van der Waals surface area contributed by atoms with E-state index < -0.39 is 11.7 Å². The minimum Gasteiger partial charge on any atom is -0.444 e. The molecule has 0 atom stereocenters. The largest absolute Gasteiger partial charge is 0.444 e. The van der Waals surface area contributed by atoms with E-state index in [1.54, 1.807) is 0 Å². The van der Waals surface area contributed by atoms with Crippen LogP contribution in [0.5, 0.6) is 0 Å². The molecule has 0 saturated heterocycles. The predicted molar refractivity (Wildman–Crippen MR) is 81.8 cm³/mol. The molecule has 2 N–H and O–H groups in total. The maximum absolute atomic E-state index is 11.6. The Hall–Kier alpha value is -1.33. The van der Waals surface area contributed by atoms with Gasteiger partial charge in [0.2, 0.25) is 0 Å². The highest BCUT2D eigenvalue weighted by molar-refractivity contribution is 7.14. The van der Waals surface area contributed by atoms with Crippen LogP contribution < -0.4 is 10.6 Å². The first kappa shape index (κ1) is 15.7. The average molecular weight is 282 g/mol. The molecular formula is C14H22N2O2S. The number of carbonyl (C=O) groups is 1.